The van der Waals surface area contributed by atoms with E-state index in [4.69, 9.17) is 16.0 Å². The van der Waals surface area contributed by atoms with Crippen LogP contribution in [0.1, 0.15) is 35.0 Å². The van der Waals surface area contributed by atoms with Gasteiger partial charge in [0.2, 0.25) is 5.91 Å². The minimum absolute atomic E-state index is 0.0213. The molecule has 1 fully saturated rings. The monoisotopic (exact) mass is 403 g/mol. The average molecular weight is 404 g/mol. The Bertz CT molecular complexity index is 790. The Hall–Kier alpha value is -2.31. The first-order chi connectivity index (χ1) is 13.5. The van der Waals surface area contributed by atoms with E-state index >= 15 is 0 Å². The maximum absolute atomic E-state index is 12.7. The molecule has 1 N–H and O–H groups in total. The highest BCUT2D eigenvalue weighted by molar-refractivity contribution is 6.30. The third kappa shape index (κ3) is 4.94. The molecule has 0 aliphatic carbocycles. The molecule has 2 atom stereocenters. The van der Waals surface area contributed by atoms with Crippen LogP contribution in [0, 0.1) is 5.92 Å². The van der Waals surface area contributed by atoms with E-state index in [1.807, 2.05) is 31.1 Å². The molecule has 0 spiro atoms. The number of halogens is 1. The molecule has 0 saturated carbocycles. The van der Waals surface area contributed by atoms with Crippen LogP contribution >= 0.6 is 11.6 Å². The van der Waals surface area contributed by atoms with Crippen molar-refractivity contribution in [3.05, 3.63) is 59.0 Å². The predicted molar refractivity (Wildman–Crippen MR) is 108 cm³/mol. The van der Waals surface area contributed by atoms with E-state index in [9.17, 15) is 9.59 Å². The van der Waals surface area contributed by atoms with Crippen LogP contribution in [0.25, 0.3) is 0 Å². The Morgan fingerprint density at radius 2 is 2.04 bits per heavy atom. The first-order valence-corrected chi connectivity index (χ1v) is 9.86. The van der Waals surface area contributed by atoms with Gasteiger partial charge in [-0.1, -0.05) is 11.6 Å². The van der Waals surface area contributed by atoms with Crippen LogP contribution in [0.15, 0.2) is 47.1 Å². The quantitative estimate of drug-likeness (QED) is 0.804. The van der Waals surface area contributed by atoms with E-state index in [0.29, 0.717) is 30.2 Å². The molecule has 1 aliphatic heterocycles. The first-order valence-electron chi connectivity index (χ1n) is 9.48. The van der Waals surface area contributed by atoms with E-state index in [-0.39, 0.29) is 23.8 Å². The van der Waals surface area contributed by atoms with Gasteiger partial charge in [-0.15, -0.1) is 0 Å². The second-order valence-electron chi connectivity index (χ2n) is 7.34. The number of nitrogens with one attached hydrogen (secondary N) is 1. The molecule has 6 nitrogen and oxygen atoms in total. The number of amides is 2. The van der Waals surface area contributed by atoms with E-state index in [1.54, 1.807) is 35.4 Å². The van der Waals surface area contributed by atoms with Crippen molar-refractivity contribution < 1.29 is 14.0 Å². The van der Waals surface area contributed by atoms with Crippen molar-refractivity contribution >= 4 is 23.4 Å². The molecule has 7 heteroatoms. The van der Waals surface area contributed by atoms with Crippen LogP contribution in [0.3, 0.4) is 0 Å². The van der Waals surface area contributed by atoms with Gasteiger partial charge in [0.1, 0.15) is 5.76 Å². The summed E-state index contributed by atoms with van der Waals surface area (Å²) in [7, 11) is 3.90. The van der Waals surface area contributed by atoms with Gasteiger partial charge in [-0.25, -0.2) is 0 Å². The highest BCUT2D eigenvalue weighted by Crippen LogP contribution is 2.21. The Balaban J connectivity index is 1.58. The fraction of sp³-hybridized carbons (Fsp3) is 0.429. The molecule has 28 heavy (non-hydrogen) atoms. The van der Waals surface area contributed by atoms with Crippen LogP contribution < -0.4 is 5.32 Å². The lowest BCUT2D eigenvalue weighted by molar-refractivity contribution is -0.126. The molecule has 0 unspecified atom stereocenters. The highest BCUT2D eigenvalue weighted by Gasteiger charge is 2.29. The van der Waals surface area contributed by atoms with Crippen LogP contribution in [-0.2, 0) is 4.79 Å². The number of hydrogen-bond donors (Lipinski definition) is 1. The molecule has 150 valence electrons. The van der Waals surface area contributed by atoms with Gasteiger partial charge in [0.15, 0.2) is 0 Å². The van der Waals surface area contributed by atoms with Crippen molar-refractivity contribution in [1.82, 2.24) is 15.1 Å². The number of likely N-dealkylation sites (N-methyl/N-ethyl adjacent to an activating group) is 1. The Kier molecular flexibility index (Phi) is 6.75. The third-order valence-corrected chi connectivity index (χ3v) is 5.39. The lowest BCUT2D eigenvalue weighted by Crippen LogP contribution is -2.46. The average Bonchev–Trinajstić information content (AvgIpc) is 3.22. The normalized spacial score (nSPS) is 18.1. The fourth-order valence-corrected chi connectivity index (χ4v) is 3.64. The molecule has 0 bridgehead atoms. The van der Waals surface area contributed by atoms with Crippen molar-refractivity contribution in [2.24, 2.45) is 5.92 Å². The van der Waals surface area contributed by atoms with Gasteiger partial charge in [-0.05, 0) is 63.3 Å². The number of rotatable bonds is 6. The van der Waals surface area contributed by atoms with Crippen molar-refractivity contribution in [1.29, 1.82) is 0 Å². The van der Waals surface area contributed by atoms with Crippen molar-refractivity contribution in [2.75, 3.05) is 33.7 Å². The van der Waals surface area contributed by atoms with Gasteiger partial charge < -0.3 is 14.6 Å². The lowest BCUT2D eigenvalue weighted by Gasteiger charge is -2.32. The molecule has 1 aromatic heterocycles. The number of benzene rings is 1. The van der Waals surface area contributed by atoms with Gasteiger partial charge in [0, 0.05) is 30.2 Å². The van der Waals surface area contributed by atoms with Crippen LogP contribution in [0.2, 0.25) is 5.02 Å². The topological polar surface area (TPSA) is 65.8 Å². The zero-order chi connectivity index (χ0) is 20.1. The van der Waals surface area contributed by atoms with E-state index in [0.717, 1.165) is 18.6 Å². The molecule has 1 aromatic carbocycles. The first kappa shape index (κ1) is 20.4. The zero-order valence-electron chi connectivity index (χ0n) is 16.2. The molecule has 1 saturated heterocycles. The van der Waals surface area contributed by atoms with Gasteiger partial charge in [-0.3, -0.25) is 14.5 Å². The summed E-state index contributed by atoms with van der Waals surface area (Å²) in [6.45, 7) is 1.56. The molecule has 1 aliphatic rings. The summed E-state index contributed by atoms with van der Waals surface area (Å²) in [6, 6.07) is 10.6. The van der Waals surface area contributed by atoms with E-state index in [1.165, 1.54) is 0 Å². The summed E-state index contributed by atoms with van der Waals surface area (Å²) in [6.07, 6.45) is 3.23. The van der Waals surface area contributed by atoms with Gasteiger partial charge in [0.25, 0.3) is 5.91 Å². The summed E-state index contributed by atoms with van der Waals surface area (Å²) in [4.78, 5) is 29.2. The molecule has 0 radical (unpaired) electrons. The van der Waals surface area contributed by atoms with Crippen molar-refractivity contribution in [3.8, 4) is 0 Å². The summed E-state index contributed by atoms with van der Waals surface area (Å²) >= 11 is 5.90. The Morgan fingerprint density at radius 3 is 2.68 bits per heavy atom. The standard InChI is InChI=1S/C21H26ClN3O3/c1-24(2)18(19-6-4-12-28-19)13-23-20(26)16-5-3-11-25(14-16)21(27)15-7-9-17(22)10-8-15/h4,6-10,12,16,18H,3,5,11,13-14H2,1-2H3,(H,23,26)/t16-,18+/m0/s1. The maximum atomic E-state index is 12.7. The van der Waals surface area contributed by atoms with Crippen LogP contribution in [0.4, 0.5) is 0 Å². The van der Waals surface area contributed by atoms with Gasteiger partial charge in [0.05, 0.1) is 18.2 Å². The second kappa shape index (κ2) is 9.26. The Labute approximate surface area is 170 Å². The summed E-state index contributed by atoms with van der Waals surface area (Å²) in [5.74, 6) is 0.529. The van der Waals surface area contributed by atoms with Crippen molar-refractivity contribution in [3.63, 3.8) is 0 Å². The summed E-state index contributed by atoms with van der Waals surface area (Å²) in [5.41, 5.74) is 0.593. The second-order valence-corrected chi connectivity index (χ2v) is 7.77. The maximum Gasteiger partial charge on any atom is 0.253 e. The minimum Gasteiger partial charge on any atom is -0.468 e. The fourth-order valence-electron chi connectivity index (χ4n) is 3.51. The Morgan fingerprint density at radius 1 is 1.29 bits per heavy atom. The number of hydrogen-bond acceptors (Lipinski definition) is 4. The van der Waals surface area contributed by atoms with Crippen LogP contribution in [-0.4, -0.2) is 55.3 Å². The molecular weight excluding hydrogens is 378 g/mol. The largest absolute Gasteiger partial charge is 0.468 e. The van der Waals surface area contributed by atoms with E-state index < -0.39 is 0 Å². The lowest BCUT2D eigenvalue weighted by atomic mass is 9.96. The molecular formula is C21H26ClN3O3. The number of furan rings is 1. The molecule has 2 amide bonds. The predicted octanol–water partition coefficient (Wildman–Crippen LogP) is 3.20. The van der Waals surface area contributed by atoms with Gasteiger partial charge in [-0.2, -0.15) is 0 Å². The zero-order valence-corrected chi connectivity index (χ0v) is 17.0. The third-order valence-electron chi connectivity index (χ3n) is 5.14. The number of piperidine rings is 1. The van der Waals surface area contributed by atoms with Crippen molar-refractivity contribution in [2.45, 2.75) is 18.9 Å². The minimum atomic E-state index is -0.204. The summed E-state index contributed by atoms with van der Waals surface area (Å²) < 4.78 is 5.49. The molecule has 3 rings (SSSR count). The highest BCUT2D eigenvalue weighted by atomic mass is 35.5. The number of carbonyl (C=O) groups is 2. The smallest absolute Gasteiger partial charge is 0.253 e. The van der Waals surface area contributed by atoms with E-state index in [2.05, 4.69) is 5.32 Å². The number of carbonyl (C=O) groups excluding carboxylic acids is 2. The molecule has 2 heterocycles. The number of nitrogens with zero attached hydrogens (tertiary/aromatic N) is 2. The van der Waals surface area contributed by atoms with Crippen LogP contribution in [0.5, 0.6) is 0 Å². The van der Waals surface area contributed by atoms with Gasteiger partial charge >= 0.3 is 0 Å². The number of likely N-dealkylation sites (tertiary alicyclic amines) is 1. The molecule has 2 aromatic rings. The SMILES string of the molecule is CN(C)[C@H](CNC(=O)[C@H]1CCCN(C(=O)c2ccc(Cl)cc2)C1)c1ccco1. The summed E-state index contributed by atoms with van der Waals surface area (Å²) in [5, 5.41) is 3.63.